The molecule has 2 heteroatoms. The van der Waals surface area contributed by atoms with E-state index in [0.29, 0.717) is 6.04 Å². The first-order valence-electron chi connectivity index (χ1n) is 6.97. The lowest BCUT2D eigenvalue weighted by Gasteiger charge is -2.25. The Morgan fingerprint density at radius 2 is 2.06 bits per heavy atom. The van der Waals surface area contributed by atoms with Crippen molar-refractivity contribution in [1.82, 2.24) is 9.88 Å². The Morgan fingerprint density at radius 1 is 1.22 bits per heavy atom. The number of nitrogens with one attached hydrogen (secondary N) is 1. The van der Waals surface area contributed by atoms with Gasteiger partial charge in [0.25, 0.3) is 0 Å². The van der Waals surface area contributed by atoms with Crippen molar-refractivity contribution >= 4 is 10.9 Å². The Morgan fingerprint density at radius 3 is 2.78 bits per heavy atom. The molecule has 0 aliphatic carbocycles. The Labute approximate surface area is 109 Å². The lowest BCUT2D eigenvalue weighted by Crippen LogP contribution is -2.28. The van der Waals surface area contributed by atoms with Crippen LogP contribution in [0.3, 0.4) is 0 Å². The minimum atomic E-state index is 0.538. The highest BCUT2D eigenvalue weighted by Gasteiger charge is 2.21. The molecule has 0 bridgehead atoms. The summed E-state index contributed by atoms with van der Waals surface area (Å²) in [4.78, 5) is 0. The van der Waals surface area contributed by atoms with E-state index in [-0.39, 0.29) is 0 Å². The van der Waals surface area contributed by atoms with Gasteiger partial charge in [0, 0.05) is 29.7 Å². The molecule has 1 aliphatic rings. The first-order chi connectivity index (χ1) is 8.68. The van der Waals surface area contributed by atoms with Gasteiger partial charge in [-0.25, -0.2) is 0 Å². The van der Waals surface area contributed by atoms with Crippen molar-refractivity contribution < 1.29 is 0 Å². The van der Waals surface area contributed by atoms with Crippen LogP contribution >= 0.6 is 0 Å². The molecule has 0 radical (unpaired) electrons. The summed E-state index contributed by atoms with van der Waals surface area (Å²) in [5, 5.41) is 5.09. The molecule has 96 valence electrons. The molecule has 1 aromatic carbocycles. The fraction of sp³-hybridized carbons (Fsp3) is 0.500. The molecule has 1 fully saturated rings. The number of benzene rings is 1. The molecule has 2 nitrogen and oxygen atoms in total. The molecule has 1 atom stereocenters. The number of rotatable bonds is 1. The van der Waals surface area contributed by atoms with Gasteiger partial charge in [0.2, 0.25) is 0 Å². The van der Waals surface area contributed by atoms with E-state index in [2.05, 4.69) is 49.0 Å². The summed E-state index contributed by atoms with van der Waals surface area (Å²) in [7, 11) is 2.20. The second-order valence-electron chi connectivity index (χ2n) is 5.59. The summed E-state index contributed by atoms with van der Waals surface area (Å²) in [6.45, 7) is 5.60. The monoisotopic (exact) mass is 242 g/mol. The maximum absolute atomic E-state index is 3.67. The maximum atomic E-state index is 3.67. The zero-order valence-corrected chi connectivity index (χ0v) is 11.6. The van der Waals surface area contributed by atoms with Gasteiger partial charge in [0.1, 0.15) is 0 Å². The molecule has 0 amide bonds. The van der Waals surface area contributed by atoms with Gasteiger partial charge in [-0.05, 0) is 50.9 Å². The quantitative estimate of drug-likeness (QED) is 0.808. The molecule has 1 unspecified atom stereocenters. The number of aromatic nitrogens is 1. The fourth-order valence-corrected chi connectivity index (χ4v) is 3.34. The highest BCUT2D eigenvalue weighted by Crippen LogP contribution is 2.32. The minimum absolute atomic E-state index is 0.538. The van der Waals surface area contributed by atoms with Crippen LogP contribution in [0, 0.1) is 13.8 Å². The lowest BCUT2D eigenvalue weighted by molar-refractivity contribution is 0.398. The molecular weight excluding hydrogens is 220 g/mol. The molecule has 1 N–H and O–H groups in total. The third-order valence-corrected chi connectivity index (χ3v) is 4.30. The van der Waals surface area contributed by atoms with Gasteiger partial charge in [-0.3, -0.25) is 0 Å². The SMILES string of the molecule is Cc1ccc2c(c1)c(C)c(C1CCCCN1)n2C. The molecular formula is C16H22N2. The smallest absolute Gasteiger partial charge is 0.0483 e. The Kier molecular flexibility index (Phi) is 2.90. The van der Waals surface area contributed by atoms with Crippen LogP contribution in [0.2, 0.25) is 0 Å². The van der Waals surface area contributed by atoms with Gasteiger partial charge in [0.15, 0.2) is 0 Å². The van der Waals surface area contributed by atoms with E-state index in [1.807, 2.05) is 0 Å². The van der Waals surface area contributed by atoms with E-state index >= 15 is 0 Å². The van der Waals surface area contributed by atoms with Gasteiger partial charge in [-0.15, -0.1) is 0 Å². The maximum Gasteiger partial charge on any atom is 0.0483 e. The van der Waals surface area contributed by atoms with Crippen molar-refractivity contribution in [3.63, 3.8) is 0 Å². The normalized spacial score (nSPS) is 20.5. The Balaban J connectivity index is 2.16. The number of hydrogen-bond acceptors (Lipinski definition) is 1. The van der Waals surface area contributed by atoms with Crippen molar-refractivity contribution in [2.24, 2.45) is 7.05 Å². The van der Waals surface area contributed by atoms with Gasteiger partial charge in [0.05, 0.1) is 0 Å². The van der Waals surface area contributed by atoms with Crippen LogP contribution in [-0.4, -0.2) is 11.1 Å². The summed E-state index contributed by atoms with van der Waals surface area (Å²) in [5.41, 5.74) is 5.64. The number of aryl methyl sites for hydroxylation is 3. The predicted octanol–water partition coefficient (Wildman–Crippen LogP) is 3.61. The zero-order chi connectivity index (χ0) is 12.7. The standard InChI is InChI=1S/C16H22N2/c1-11-7-8-15-13(10-11)12(2)16(18(15)3)14-6-4-5-9-17-14/h7-8,10,14,17H,4-6,9H2,1-3H3. The molecule has 2 aromatic rings. The average molecular weight is 242 g/mol. The summed E-state index contributed by atoms with van der Waals surface area (Å²) in [6.07, 6.45) is 3.93. The highest BCUT2D eigenvalue weighted by atomic mass is 15.0. The third kappa shape index (κ3) is 1.76. The molecule has 1 aliphatic heterocycles. The van der Waals surface area contributed by atoms with Crippen molar-refractivity contribution in [1.29, 1.82) is 0 Å². The van der Waals surface area contributed by atoms with E-state index in [0.717, 1.165) is 6.54 Å². The molecule has 3 rings (SSSR count). The van der Waals surface area contributed by atoms with Crippen LogP contribution in [0.25, 0.3) is 10.9 Å². The lowest BCUT2D eigenvalue weighted by atomic mass is 9.99. The van der Waals surface area contributed by atoms with E-state index in [9.17, 15) is 0 Å². The van der Waals surface area contributed by atoms with Crippen LogP contribution < -0.4 is 5.32 Å². The van der Waals surface area contributed by atoms with E-state index in [1.54, 1.807) is 0 Å². The highest BCUT2D eigenvalue weighted by molar-refractivity contribution is 5.86. The topological polar surface area (TPSA) is 17.0 Å². The van der Waals surface area contributed by atoms with Crippen LogP contribution in [-0.2, 0) is 7.05 Å². The predicted molar refractivity (Wildman–Crippen MR) is 77.0 cm³/mol. The molecule has 0 spiro atoms. The number of nitrogens with zero attached hydrogens (tertiary/aromatic N) is 1. The van der Waals surface area contributed by atoms with Gasteiger partial charge in [-0.2, -0.15) is 0 Å². The van der Waals surface area contributed by atoms with E-state index in [1.165, 1.54) is 47.0 Å². The first-order valence-corrected chi connectivity index (χ1v) is 6.97. The van der Waals surface area contributed by atoms with Gasteiger partial charge >= 0.3 is 0 Å². The second kappa shape index (κ2) is 4.43. The van der Waals surface area contributed by atoms with Crippen LogP contribution in [0.1, 0.15) is 42.1 Å². The summed E-state index contributed by atoms with van der Waals surface area (Å²) in [6, 6.07) is 7.32. The first kappa shape index (κ1) is 11.8. The van der Waals surface area contributed by atoms with Crippen molar-refractivity contribution in [2.45, 2.75) is 39.2 Å². The Bertz CT molecular complexity index is 574. The minimum Gasteiger partial charge on any atom is -0.346 e. The summed E-state index contributed by atoms with van der Waals surface area (Å²) >= 11 is 0. The van der Waals surface area contributed by atoms with Crippen molar-refractivity contribution in [2.75, 3.05) is 6.54 Å². The van der Waals surface area contributed by atoms with E-state index in [4.69, 9.17) is 0 Å². The third-order valence-electron chi connectivity index (χ3n) is 4.30. The zero-order valence-electron chi connectivity index (χ0n) is 11.6. The molecule has 1 saturated heterocycles. The Hall–Kier alpha value is -1.28. The molecule has 18 heavy (non-hydrogen) atoms. The fourth-order valence-electron chi connectivity index (χ4n) is 3.34. The number of fused-ring (bicyclic) bond motifs is 1. The van der Waals surface area contributed by atoms with Gasteiger partial charge < -0.3 is 9.88 Å². The molecule has 1 aromatic heterocycles. The number of piperidine rings is 1. The van der Waals surface area contributed by atoms with Gasteiger partial charge in [-0.1, -0.05) is 18.1 Å². The van der Waals surface area contributed by atoms with E-state index < -0.39 is 0 Å². The average Bonchev–Trinajstić information content (AvgIpc) is 2.63. The largest absolute Gasteiger partial charge is 0.346 e. The summed E-state index contributed by atoms with van der Waals surface area (Å²) < 4.78 is 2.38. The summed E-state index contributed by atoms with van der Waals surface area (Å²) in [5.74, 6) is 0. The second-order valence-corrected chi connectivity index (χ2v) is 5.59. The molecule has 0 saturated carbocycles. The van der Waals surface area contributed by atoms with Crippen LogP contribution in [0.15, 0.2) is 18.2 Å². The van der Waals surface area contributed by atoms with Crippen molar-refractivity contribution in [3.05, 3.63) is 35.0 Å². The van der Waals surface area contributed by atoms with Crippen LogP contribution in [0.5, 0.6) is 0 Å². The number of hydrogen-bond donors (Lipinski definition) is 1. The van der Waals surface area contributed by atoms with Crippen LogP contribution in [0.4, 0.5) is 0 Å². The van der Waals surface area contributed by atoms with Crippen molar-refractivity contribution in [3.8, 4) is 0 Å². The molecule has 2 heterocycles.